The summed E-state index contributed by atoms with van der Waals surface area (Å²) in [6, 6.07) is 0. The fourth-order valence-corrected chi connectivity index (χ4v) is 3.02. The number of ether oxygens (including phenoxy) is 1. The molecule has 0 aromatic rings. The molecule has 1 aliphatic heterocycles. The van der Waals surface area contributed by atoms with Crippen LogP contribution in [0.2, 0.25) is 0 Å². The van der Waals surface area contributed by atoms with Gasteiger partial charge in [0.1, 0.15) is 0 Å². The summed E-state index contributed by atoms with van der Waals surface area (Å²) in [7, 11) is 0. The van der Waals surface area contributed by atoms with Gasteiger partial charge in [-0.3, -0.25) is 4.79 Å². The number of nitrogens with zero attached hydrogens (tertiary/aromatic N) is 1. The zero-order valence-electron chi connectivity index (χ0n) is 11.1. The molecule has 0 amide bonds. The topological polar surface area (TPSA) is 49.8 Å². The van der Waals surface area contributed by atoms with Gasteiger partial charge in [-0.1, -0.05) is 0 Å². The fourth-order valence-electron chi connectivity index (χ4n) is 3.02. The monoisotopic (exact) mass is 255 g/mol. The van der Waals surface area contributed by atoms with E-state index >= 15 is 0 Å². The van der Waals surface area contributed by atoms with E-state index in [1.165, 1.54) is 25.9 Å². The van der Waals surface area contributed by atoms with Crippen LogP contribution in [0, 0.1) is 5.92 Å². The van der Waals surface area contributed by atoms with E-state index in [0.717, 1.165) is 45.3 Å². The molecule has 4 heteroatoms. The van der Waals surface area contributed by atoms with Crippen molar-refractivity contribution in [2.45, 2.75) is 51.0 Å². The van der Waals surface area contributed by atoms with Crippen LogP contribution in [0.25, 0.3) is 0 Å². The lowest BCUT2D eigenvalue weighted by Crippen LogP contribution is -2.27. The van der Waals surface area contributed by atoms with Crippen LogP contribution in [0.15, 0.2) is 0 Å². The summed E-state index contributed by atoms with van der Waals surface area (Å²) in [6.45, 7) is 4.50. The average molecular weight is 255 g/mol. The van der Waals surface area contributed by atoms with Gasteiger partial charge in [0.25, 0.3) is 0 Å². The third-order valence-electron chi connectivity index (χ3n) is 4.19. The van der Waals surface area contributed by atoms with Gasteiger partial charge in [-0.15, -0.1) is 0 Å². The molecule has 1 saturated heterocycles. The summed E-state index contributed by atoms with van der Waals surface area (Å²) in [4.78, 5) is 13.3. The van der Waals surface area contributed by atoms with Gasteiger partial charge < -0.3 is 14.7 Å². The minimum absolute atomic E-state index is 0.130. The van der Waals surface area contributed by atoms with Crippen LogP contribution in [0.4, 0.5) is 0 Å². The highest BCUT2D eigenvalue weighted by atomic mass is 16.5. The van der Waals surface area contributed by atoms with Gasteiger partial charge in [-0.05, 0) is 58.0 Å². The smallest absolute Gasteiger partial charge is 0.306 e. The van der Waals surface area contributed by atoms with Crippen LogP contribution < -0.4 is 0 Å². The number of aliphatic carboxylic acids is 1. The molecule has 1 saturated carbocycles. The molecule has 104 valence electrons. The van der Waals surface area contributed by atoms with Gasteiger partial charge in [0.05, 0.1) is 12.0 Å². The Kier molecular flexibility index (Phi) is 5.45. The molecular weight excluding hydrogens is 230 g/mol. The average Bonchev–Trinajstić information content (AvgIpc) is 2.88. The molecule has 0 atom stereocenters. The van der Waals surface area contributed by atoms with Crippen molar-refractivity contribution < 1.29 is 14.6 Å². The summed E-state index contributed by atoms with van der Waals surface area (Å²) >= 11 is 0. The first-order chi connectivity index (χ1) is 8.75. The van der Waals surface area contributed by atoms with Crippen LogP contribution in [0.1, 0.15) is 44.9 Å². The minimum atomic E-state index is -0.637. The molecule has 18 heavy (non-hydrogen) atoms. The van der Waals surface area contributed by atoms with Crippen LogP contribution in [-0.4, -0.2) is 48.3 Å². The van der Waals surface area contributed by atoms with E-state index in [1.807, 2.05) is 0 Å². The lowest BCUT2D eigenvalue weighted by atomic mass is 9.87. The number of rotatable bonds is 6. The van der Waals surface area contributed by atoms with Crippen molar-refractivity contribution in [2.24, 2.45) is 5.92 Å². The number of carboxylic acids is 1. The van der Waals surface area contributed by atoms with Crippen molar-refractivity contribution in [3.63, 3.8) is 0 Å². The van der Waals surface area contributed by atoms with E-state index in [4.69, 9.17) is 9.84 Å². The molecule has 1 heterocycles. The highest BCUT2D eigenvalue weighted by molar-refractivity contribution is 5.70. The fraction of sp³-hybridized carbons (Fsp3) is 0.929. The zero-order valence-corrected chi connectivity index (χ0v) is 11.1. The van der Waals surface area contributed by atoms with E-state index < -0.39 is 5.97 Å². The normalized spacial score (nSPS) is 29.6. The lowest BCUT2D eigenvalue weighted by molar-refractivity contribution is -0.143. The number of hydrogen-bond donors (Lipinski definition) is 1. The van der Waals surface area contributed by atoms with Gasteiger partial charge in [0.2, 0.25) is 0 Å². The first-order valence-corrected chi connectivity index (χ1v) is 7.32. The van der Waals surface area contributed by atoms with Gasteiger partial charge in [0.15, 0.2) is 0 Å². The van der Waals surface area contributed by atoms with Crippen molar-refractivity contribution in [3.8, 4) is 0 Å². The Labute approximate surface area is 109 Å². The quantitative estimate of drug-likeness (QED) is 0.739. The van der Waals surface area contributed by atoms with Crippen LogP contribution in [0.5, 0.6) is 0 Å². The summed E-state index contributed by atoms with van der Waals surface area (Å²) < 4.78 is 5.85. The van der Waals surface area contributed by atoms with Gasteiger partial charge in [0, 0.05) is 13.2 Å². The SMILES string of the molecule is O=C(O)C1CCC(OCCCN2CCCC2)CC1. The van der Waals surface area contributed by atoms with E-state index in [9.17, 15) is 4.79 Å². The van der Waals surface area contributed by atoms with E-state index in [1.54, 1.807) is 0 Å². The molecule has 2 fully saturated rings. The molecule has 1 N–H and O–H groups in total. The van der Waals surface area contributed by atoms with E-state index in [2.05, 4.69) is 4.90 Å². The summed E-state index contributed by atoms with van der Waals surface area (Å²) in [5.41, 5.74) is 0. The van der Waals surface area contributed by atoms with E-state index in [0.29, 0.717) is 6.10 Å². The molecule has 0 radical (unpaired) electrons. The third kappa shape index (κ3) is 4.25. The molecule has 0 spiro atoms. The maximum Gasteiger partial charge on any atom is 0.306 e. The molecule has 0 aromatic heterocycles. The van der Waals surface area contributed by atoms with Crippen molar-refractivity contribution in [1.82, 2.24) is 4.90 Å². The molecule has 0 aromatic carbocycles. The first kappa shape index (κ1) is 13.8. The Hall–Kier alpha value is -0.610. The lowest BCUT2D eigenvalue weighted by Gasteiger charge is -2.26. The highest BCUT2D eigenvalue weighted by Crippen LogP contribution is 2.26. The second kappa shape index (κ2) is 7.10. The predicted octanol–water partition coefficient (Wildman–Crippen LogP) is 2.13. The molecule has 0 bridgehead atoms. The number of carbonyl (C=O) groups is 1. The van der Waals surface area contributed by atoms with E-state index in [-0.39, 0.29) is 5.92 Å². The van der Waals surface area contributed by atoms with Crippen LogP contribution in [0.3, 0.4) is 0 Å². The molecule has 2 aliphatic rings. The zero-order chi connectivity index (χ0) is 12.8. The minimum Gasteiger partial charge on any atom is -0.481 e. The summed E-state index contributed by atoms with van der Waals surface area (Å²) in [5, 5.41) is 8.91. The highest BCUT2D eigenvalue weighted by Gasteiger charge is 2.26. The maximum atomic E-state index is 10.8. The summed E-state index contributed by atoms with van der Waals surface area (Å²) in [5.74, 6) is -0.767. The number of carboxylic acid groups (broad SMARTS) is 1. The van der Waals surface area contributed by atoms with Crippen molar-refractivity contribution >= 4 is 5.97 Å². The Morgan fingerprint density at radius 3 is 2.44 bits per heavy atom. The molecule has 2 rings (SSSR count). The van der Waals surface area contributed by atoms with Gasteiger partial charge in [-0.2, -0.15) is 0 Å². The van der Waals surface area contributed by atoms with Crippen molar-refractivity contribution in [3.05, 3.63) is 0 Å². The third-order valence-corrected chi connectivity index (χ3v) is 4.19. The molecule has 0 unspecified atom stereocenters. The largest absolute Gasteiger partial charge is 0.481 e. The Balaban J connectivity index is 1.51. The number of hydrogen-bond acceptors (Lipinski definition) is 3. The summed E-state index contributed by atoms with van der Waals surface area (Å²) in [6.07, 6.45) is 7.51. The molecule has 4 nitrogen and oxygen atoms in total. The molecular formula is C14H25NO3. The Bertz CT molecular complexity index is 256. The predicted molar refractivity (Wildman–Crippen MR) is 69.6 cm³/mol. The van der Waals surface area contributed by atoms with Gasteiger partial charge in [-0.25, -0.2) is 0 Å². The van der Waals surface area contributed by atoms with Crippen molar-refractivity contribution in [2.75, 3.05) is 26.2 Å². The standard InChI is InChI=1S/C14H25NO3/c16-14(17)12-4-6-13(7-5-12)18-11-3-10-15-8-1-2-9-15/h12-13H,1-11H2,(H,16,17). The maximum absolute atomic E-state index is 10.8. The van der Waals surface area contributed by atoms with Gasteiger partial charge >= 0.3 is 5.97 Å². The Morgan fingerprint density at radius 2 is 1.83 bits per heavy atom. The number of likely N-dealkylation sites (tertiary alicyclic amines) is 1. The van der Waals surface area contributed by atoms with Crippen molar-refractivity contribution in [1.29, 1.82) is 0 Å². The second-order valence-corrected chi connectivity index (χ2v) is 5.58. The second-order valence-electron chi connectivity index (χ2n) is 5.58. The molecule has 1 aliphatic carbocycles. The first-order valence-electron chi connectivity index (χ1n) is 7.32. The van der Waals surface area contributed by atoms with Crippen LogP contribution >= 0.6 is 0 Å². The Morgan fingerprint density at radius 1 is 1.17 bits per heavy atom. The van der Waals surface area contributed by atoms with Crippen LogP contribution in [-0.2, 0) is 9.53 Å².